The summed E-state index contributed by atoms with van der Waals surface area (Å²) in [6, 6.07) is 0.479. The molecule has 1 unspecified atom stereocenters. The van der Waals surface area contributed by atoms with E-state index in [0.29, 0.717) is 25.6 Å². The molecule has 2 N–H and O–H groups in total. The van der Waals surface area contributed by atoms with Gasteiger partial charge in [-0.2, -0.15) is 0 Å². The minimum Gasteiger partial charge on any atom is -0.383 e. The number of rotatable bonds is 8. The Morgan fingerprint density at radius 2 is 1.95 bits per heavy atom. The molecule has 1 rings (SSSR count). The summed E-state index contributed by atoms with van der Waals surface area (Å²) >= 11 is 0. The summed E-state index contributed by atoms with van der Waals surface area (Å²) in [7, 11) is 1.70. The Bertz CT molecular complexity index is 278. The predicted molar refractivity (Wildman–Crippen MR) is 81.6 cm³/mol. The molecular formula is C15H31N3O2. The first-order valence-electron chi connectivity index (χ1n) is 7.82. The highest BCUT2D eigenvalue weighted by atomic mass is 16.5. The highest BCUT2D eigenvalue weighted by molar-refractivity contribution is 5.77. The average molecular weight is 285 g/mol. The van der Waals surface area contributed by atoms with Crippen molar-refractivity contribution in [2.75, 3.05) is 39.9 Å². The quantitative estimate of drug-likeness (QED) is 0.725. The van der Waals surface area contributed by atoms with E-state index >= 15 is 0 Å². The van der Waals surface area contributed by atoms with Gasteiger partial charge >= 0.3 is 0 Å². The van der Waals surface area contributed by atoms with E-state index in [1.807, 2.05) is 4.90 Å². The molecule has 0 aromatic carbocycles. The minimum atomic E-state index is 0.111. The molecule has 1 atom stereocenters. The third-order valence-corrected chi connectivity index (χ3v) is 4.08. The molecule has 0 bridgehead atoms. The van der Waals surface area contributed by atoms with Crippen LogP contribution < -0.4 is 5.73 Å². The number of hydrogen-bond donors (Lipinski definition) is 1. The fourth-order valence-corrected chi connectivity index (χ4v) is 2.87. The number of carbonyl (C=O) groups is 1. The molecule has 0 spiro atoms. The van der Waals surface area contributed by atoms with Crippen molar-refractivity contribution in [3.05, 3.63) is 0 Å². The van der Waals surface area contributed by atoms with Gasteiger partial charge in [0, 0.05) is 51.8 Å². The topological polar surface area (TPSA) is 58.8 Å². The zero-order valence-electron chi connectivity index (χ0n) is 13.3. The van der Waals surface area contributed by atoms with E-state index < -0.39 is 0 Å². The van der Waals surface area contributed by atoms with E-state index in [-0.39, 0.29) is 11.9 Å². The van der Waals surface area contributed by atoms with Crippen molar-refractivity contribution >= 4 is 5.91 Å². The standard InChI is InChI=1S/C15H31N3O2/c1-13(2)18(9-10-20-3)14(12-16)11-15(19)17-7-5-4-6-8-17/h13-14H,4-12,16H2,1-3H3. The van der Waals surface area contributed by atoms with Gasteiger partial charge in [0.05, 0.1) is 6.61 Å². The monoisotopic (exact) mass is 285 g/mol. The van der Waals surface area contributed by atoms with Gasteiger partial charge in [-0.25, -0.2) is 0 Å². The lowest BCUT2D eigenvalue weighted by Crippen LogP contribution is -2.49. The number of nitrogens with zero attached hydrogens (tertiary/aromatic N) is 2. The maximum atomic E-state index is 12.4. The Morgan fingerprint density at radius 1 is 1.30 bits per heavy atom. The fourth-order valence-electron chi connectivity index (χ4n) is 2.87. The first-order valence-corrected chi connectivity index (χ1v) is 7.82. The van der Waals surface area contributed by atoms with Crippen LogP contribution >= 0.6 is 0 Å². The summed E-state index contributed by atoms with van der Waals surface area (Å²) in [5.74, 6) is 0.253. The lowest BCUT2D eigenvalue weighted by molar-refractivity contribution is -0.133. The molecule has 0 aromatic rings. The van der Waals surface area contributed by atoms with Crippen LogP contribution in [-0.2, 0) is 9.53 Å². The Hall–Kier alpha value is -0.650. The molecule has 20 heavy (non-hydrogen) atoms. The summed E-state index contributed by atoms with van der Waals surface area (Å²) in [6.45, 7) is 8.12. The molecule has 1 saturated heterocycles. The van der Waals surface area contributed by atoms with Crippen LogP contribution in [0.3, 0.4) is 0 Å². The lowest BCUT2D eigenvalue weighted by atomic mass is 10.1. The average Bonchev–Trinajstić information content (AvgIpc) is 2.46. The molecule has 0 radical (unpaired) electrons. The van der Waals surface area contributed by atoms with Crippen molar-refractivity contribution in [3.63, 3.8) is 0 Å². The molecule has 5 nitrogen and oxygen atoms in total. The Balaban J connectivity index is 2.55. The maximum Gasteiger partial charge on any atom is 0.224 e. The molecule has 0 aromatic heterocycles. The van der Waals surface area contributed by atoms with Crippen molar-refractivity contribution in [1.29, 1.82) is 0 Å². The molecule has 1 fully saturated rings. The van der Waals surface area contributed by atoms with Crippen molar-refractivity contribution in [2.24, 2.45) is 5.73 Å². The number of nitrogens with two attached hydrogens (primary N) is 1. The SMILES string of the molecule is COCCN(C(C)C)C(CN)CC(=O)N1CCCCC1. The number of amides is 1. The van der Waals surface area contributed by atoms with Crippen LogP contribution in [0.1, 0.15) is 39.5 Å². The zero-order valence-corrected chi connectivity index (χ0v) is 13.3. The summed E-state index contributed by atoms with van der Waals surface area (Å²) < 4.78 is 5.16. The van der Waals surface area contributed by atoms with E-state index in [9.17, 15) is 4.79 Å². The number of piperidine rings is 1. The molecule has 5 heteroatoms. The summed E-state index contributed by atoms with van der Waals surface area (Å²) in [5.41, 5.74) is 5.91. The second-order valence-corrected chi connectivity index (χ2v) is 5.86. The van der Waals surface area contributed by atoms with Crippen molar-refractivity contribution in [2.45, 2.75) is 51.6 Å². The van der Waals surface area contributed by atoms with Gasteiger partial charge in [-0.15, -0.1) is 0 Å². The van der Waals surface area contributed by atoms with E-state index in [2.05, 4.69) is 18.7 Å². The third kappa shape index (κ3) is 5.38. The van der Waals surface area contributed by atoms with Crippen LogP contribution in [0.2, 0.25) is 0 Å². The Kier molecular flexibility index (Phi) is 8.11. The van der Waals surface area contributed by atoms with Crippen molar-refractivity contribution in [1.82, 2.24) is 9.80 Å². The van der Waals surface area contributed by atoms with Gasteiger partial charge in [0.2, 0.25) is 5.91 Å². The molecule has 118 valence electrons. The number of likely N-dealkylation sites (tertiary alicyclic amines) is 1. The molecule has 1 aliphatic heterocycles. The normalized spacial score (nSPS) is 17.8. The molecule has 1 heterocycles. The number of ether oxygens (including phenoxy) is 1. The van der Waals surface area contributed by atoms with Gasteiger partial charge in [0.25, 0.3) is 0 Å². The highest BCUT2D eigenvalue weighted by Crippen LogP contribution is 2.14. The summed E-state index contributed by atoms with van der Waals surface area (Å²) in [4.78, 5) is 16.7. The van der Waals surface area contributed by atoms with Crippen LogP contribution in [0.4, 0.5) is 0 Å². The van der Waals surface area contributed by atoms with Crippen molar-refractivity contribution < 1.29 is 9.53 Å². The van der Waals surface area contributed by atoms with Gasteiger partial charge in [-0.1, -0.05) is 0 Å². The van der Waals surface area contributed by atoms with E-state index in [0.717, 1.165) is 32.5 Å². The van der Waals surface area contributed by atoms with Gasteiger partial charge in [-0.3, -0.25) is 9.69 Å². The van der Waals surface area contributed by atoms with Crippen molar-refractivity contribution in [3.8, 4) is 0 Å². The van der Waals surface area contributed by atoms with Crippen LogP contribution in [0, 0.1) is 0 Å². The van der Waals surface area contributed by atoms with Gasteiger partial charge in [0.1, 0.15) is 0 Å². The predicted octanol–water partition coefficient (Wildman–Crippen LogP) is 1.07. The molecule has 1 aliphatic rings. The fraction of sp³-hybridized carbons (Fsp3) is 0.933. The first kappa shape index (κ1) is 17.4. The maximum absolute atomic E-state index is 12.4. The van der Waals surface area contributed by atoms with Gasteiger partial charge in [0.15, 0.2) is 0 Å². The molecule has 0 aliphatic carbocycles. The Labute approximate surface area is 123 Å². The largest absolute Gasteiger partial charge is 0.383 e. The Morgan fingerprint density at radius 3 is 2.45 bits per heavy atom. The number of carbonyl (C=O) groups excluding carboxylic acids is 1. The molecule has 1 amide bonds. The molecular weight excluding hydrogens is 254 g/mol. The molecule has 0 saturated carbocycles. The van der Waals surface area contributed by atoms with E-state index in [1.165, 1.54) is 6.42 Å². The van der Waals surface area contributed by atoms with Crippen LogP contribution in [-0.4, -0.2) is 67.7 Å². The van der Waals surface area contributed by atoms with E-state index in [1.54, 1.807) is 7.11 Å². The minimum absolute atomic E-state index is 0.111. The summed E-state index contributed by atoms with van der Waals surface area (Å²) in [5, 5.41) is 0. The van der Waals surface area contributed by atoms with Crippen LogP contribution in [0.25, 0.3) is 0 Å². The first-order chi connectivity index (χ1) is 9.60. The number of hydrogen-bond acceptors (Lipinski definition) is 4. The van der Waals surface area contributed by atoms with Crippen LogP contribution in [0.5, 0.6) is 0 Å². The smallest absolute Gasteiger partial charge is 0.224 e. The van der Waals surface area contributed by atoms with Gasteiger partial charge in [-0.05, 0) is 33.1 Å². The second-order valence-electron chi connectivity index (χ2n) is 5.86. The second kappa shape index (κ2) is 9.32. The zero-order chi connectivity index (χ0) is 15.0. The lowest BCUT2D eigenvalue weighted by Gasteiger charge is -2.35. The number of methoxy groups -OCH3 is 1. The van der Waals surface area contributed by atoms with E-state index in [4.69, 9.17) is 10.5 Å². The third-order valence-electron chi connectivity index (χ3n) is 4.08. The highest BCUT2D eigenvalue weighted by Gasteiger charge is 2.25. The van der Waals surface area contributed by atoms with Crippen LogP contribution in [0.15, 0.2) is 0 Å². The summed E-state index contributed by atoms with van der Waals surface area (Å²) in [6.07, 6.45) is 4.04. The van der Waals surface area contributed by atoms with Gasteiger partial charge < -0.3 is 15.4 Å².